The third-order valence-electron chi connectivity index (χ3n) is 2.26. The van der Waals surface area contributed by atoms with Gasteiger partial charge in [-0.3, -0.25) is 0 Å². The highest BCUT2D eigenvalue weighted by molar-refractivity contribution is 9.10. The summed E-state index contributed by atoms with van der Waals surface area (Å²) in [5, 5.41) is 7.28. The molecule has 0 saturated heterocycles. The maximum atomic E-state index is 13.4. The first-order valence-electron chi connectivity index (χ1n) is 5.63. The molecule has 2 rings (SSSR count). The van der Waals surface area contributed by atoms with E-state index in [1.807, 2.05) is 0 Å². The number of halogens is 2. The third kappa shape index (κ3) is 3.99. The van der Waals surface area contributed by atoms with Crippen molar-refractivity contribution in [3.05, 3.63) is 51.9 Å². The van der Waals surface area contributed by atoms with E-state index in [4.69, 9.17) is 9.15 Å². The van der Waals surface area contributed by atoms with Crippen LogP contribution in [0.3, 0.4) is 0 Å². The van der Waals surface area contributed by atoms with Gasteiger partial charge in [-0.1, -0.05) is 15.9 Å². The average molecular weight is 341 g/mol. The lowest BCUT2D eigenvalue weighted by Gasteiger charge is -1.99. The van der Waals surface area contributed by atoms with Crippen LogP contribution in [-0.4, -0.2) is 16.2 Å². The van der Waals surface area contributed by atoms with Crippen LogP contribution in [0.1, 0.15) is 17.3 Å². The molecular weight excluding hydrogens is 331 g/mol. The Labute approximate surface area is 122 Å². The van der Waals surface area contributed by atoms with Crippen molar-refractivity contribution >= 4 is 28.0 Å². The van der Waals surface area contributed by atoms with Gasteiger partial charge in [-0.25, -0.2) is 9.18 Å². The summed E-state index contributed by atoms with van der Waals surface area (Å²) in [6.45, 7) is 1.51. The Kier molecular flexibility index (Phi) is 4.62. The predicted octanol–water partition coefficient (Wildman–Crippen LogP) is 3.04. The summed E-state index contributed by atoms with van der Waals surface area (Å²) in [5.41, 5.74) is 0.282. The van der Waals surface area contributed by atoms with Crippen LogP contribution in [0, 0.1) is 12.7 Å². The molecule has 2 aromatic rings. The molecule has 0 atom stereocenters. The van der Waals surface area contributed by atoms with Gasteiger partial charge in [-0.15, -0.1) is 10.2 Å². The molecule has 0 spiro atoms. The summed E-state index contributed by atoms with van der Waals surface area (Å²) in [5.74, 6) is -0.453. The molecule has 1 aromatic carbocycles. The van der Waals surface area contributed by atoms with Crippen molar-refractivity contribution in [2.45, 2.75) is 13.5 Å². The minimum Gasteiger partial charge on any atom is -0.452 e. The highest BCUT2D eigenvalue weighted by atomic mass is 79.9. The highest BCUT2D eigenvalue weighted by Crippen LogP contribution is 2.16. The van der Waals surface area contributed by atoms with Crippen LogP contribution in [-0.2, 0) is 16.1 Å². The number of nitrogens with zero attached hydrogens (tertiary/aromatic N) is 2. The number of hydrogen-bond acceptors (Lipinski definition) is 5. The molecule has 7 heteroatoms. The molecule has 0 saturated carbocycles. The lowest BCUT2D eigenvalue weighted by Crippen LogP contribution is -2.01. The normalized spacial score (nSPS) is 10.9. The standard InChI is InChI=1S/C13H10BrFN2O3/c1-8-16-17-12(20-8)7-19-13(18)5-2-9-6-10(14)3-4-11(9)15/h2-6H,7H2,1H3/b5-2+. The minimum absolute atomic E-state index is 0.120. The number of hydrogen-bond donors (Lipinski definition) is 0. The lowest BCUT2D eigenvalue weighted by atomic mass is 10.2. The minimum atomic E-state index is -0.625. The quantitative estimate of drug-likeness (QED) is 0.632. The Morgan fingerprint density at radius 2 is 2.30 bits per heavy atom. The summed E-state index contributed by atoms with van der Waals surface area (Å²) < 4.78 is 24.1. The molecular formula is C13H10BrFN2O3. The molecule has 0 aliphatic rings. The monoisotopic (exact) mass is 340 g/mol. The summed E-state index contributed by atoms with van der Waals surface area (Å²) >= 11 is 3.22. The zero-order valence-electron chi connectivity index (χ0n) is 10.5. The Morgan fingerprint density at radius 3 is 3.00 bits per heavy atom. The maximum absolute atomic E-state index is 13.4. The van der Waals surface area contributed by atoms with Gasteiger partial charge in [0.1, 0.15) is 5.82 Å². The topological polar surface area (TPSA) is 65.2 Å². The molecule has 20 heavy (non-hydrogen) atoms. The van der Waals surface area contributed by atoms with E-state index in [-0.39, 0.29) is 18.1 Å². The fraction of sp³-hybridized carbons (Fsp3) is 0.154. The number of ether oxygens (including phenoxy) is 1. The van der Waals surface area contributed by atoms with Gasteiger partial charge < -0.3 is 9.15 Å². The zero-order valence-corrected chi connectivity index (χ0v) is 12.1. The van der Waals surface area contributed by atoms with Gasteiger partial charge in [0.15, 0.2) is 6.61 Å². The van der Waals surface area contributed by atoms with Crippen molar-refractivity contribution in [1.82, 2.24) is 10.2 Å². The molecule has 0 radical (unpaired) electrons. The number of aryl methyl sites for hydroxylation is 1. The molecule has 1 aromatic heterocycles. The maximum Gasteiger partial charge on any atom is 0.331 e. The van der Waals surface area contributed by atoms with Crippen molar-refractivity contribution in [2.24, 2.45) is 0 Å². The van der Waals surface area contributed by atoms with Crippen molar-refractivity contribution in [3.63, 3.8) is 0 Å². The lowest BCUT2D eigenvalue weighted by molar-refractivity contribution is -0.139. The van der Waals surface area contributed by atoms with Crippen LogP contribution in [0.4, 0.5) is 4.39 Å². The zero-order chi connectivity index (χ0) is 14.5. The molecule has 0 unspecified atom stereocenters. The predicted molar refractivity (Wildman–Crippen MR) is 72.0 cm³/mol. The fourth-order valence-corrected chi connectivity index (χ4v) is 1.76. The Bertz CT molecular complexity index is 655. The van der Waals surface area contributed by atoms with E-state index < -0.39 is 11.8 Å². The fourth-order valence-electron chi connectivity index (χ4n) is 1.38. The summed E-state index contributed by atoms with van der Waals surface area (Å²) in [7, 11) is 0. The molecule has 104 valence electrons. The van der Waals surface area contributed by atoms with E-state index in [2.05, 4.69) is 26.1 Å². The van der Waals surface area contributed by atoms with Crippen LogP contribution >= 0.6 is 15.9 Å². The van der Waals surface area contributed by atoms with Crippen LogP contribution in [0.25, 0.3) is 6.08 Å². The largest absolute Gasteiger partial charge is 0.452 e. The first kappa shape index (κ1) is 14.4. The van der Waals surface area contributed by atoms with E-state index in [0.29, 0.717) is 10.4 Å². The highest BCUT2D eigenvalue weighted by Gasteiger charge is 2.05. The molecule has 0 amide bonds. The average Bonchev–Trinajstić information content (AvgIpc) is 2.83. The molecule has 0 fully saturated rings. The molecule has 0 aliphatic carbocycles. The Morgan fingerprint density at radius 1 is 1.50 bits per heavy atom. The molecule has 0 bridgehead atoms. The van der Waals surface area contributed by atoms with E-state index in [0.717, 1.165) is 6.08 Å². The molecule has 1 heterocycles. The molecule has 0 N–H and O–H groups in total. The van der Waals surface area contributed by atoms with Gasteiger partial charge >= 0.3 is 5.97 Å². The van der Waals surface area contributed by atoms with Crippen LogP contribution < -0.4 is 0 Å². The van der Waals surface area contributed by atoms with Crippen molar-refractivity contribution in [1.29, 1.82) is 0 Å². The van der Waals surface area contributed by atoms with Gasteiger partial charge in [-0.2, -0.15) is 0 Å². The van der Waals surface area contributed by atoms with Crippen LogP contribution in [0.5, 0.6) is 0 Å². The SMILES string of the molecule is Cc1nnc(COC(=O)/C=C/c2cc(Br)ccc2F)o1. The summed E-state index contributed by atoms with van der Waals surface area (Å²) in [6, 6.07) is 4.43. The summed E-state index contributed by atoms with van der Waals surface area (Å²) in [4.78, 5) is 11.5. The second-order valence-electron chi connectivity index (χ2n) is 3.82. The number of aromatic nitrogens is 2. The number of carbonyl (C=O) groups excluding carboxylic acids is 1. The first-order valence-corrected chi connectivity index (χ1v) is 6.43. The van der Waals surface area contributed by atoms with E-state index >= 15 is 0 Å². The second-order valence-corrected chi connectivity index (χ2v) is 4.74. The Balaban J connectivity index is 1.93. The van der Waals surface area contributed by atoms with Gasteiger partial charge in [0, 0.05) is 23.0 Å². The van der Waals surface area contributed by atoms with Gasteiger partial charge in [0.2, 0.25) is 5.89 Å². The van der Waals surface area contributed by atoms with Crippen LogP contribution in [0.2, 0.25) is 0 Å². The number of carbonyl (C=O) groups is 1. The van der Waals surface area contributed by atoms with Gasteiger partial charge in [0.05, 0.1) is 0 Å². The second kappa shape index (κ2) is 6.42. The van der Waals surface area contributed by atoms with E-state index in [1.165, 1.54) is 12.1 Å². The smallest absolute Gasteiger partial charge is 0.331 e. The van der Waals surface area contributed by atoms with Crippen molar-refractivity contribution in [2.75, 3.05) is 0 Å². The number of benzene rings is 1. The van der Waals surface area contributed by atoms with Gasteiger partial charge in [0.25, 0.3) is 5.89 Å². The first-order chi connectivity index (χ1) is 9.54. The van der Waals surface area contributed by atoms with Crippen molar-refractivity contribution < 1.29 is 18.3 Å². The van der Waals surface area contributed by atoms with Crippen LogP contribution in [0.15, 0.2) is 33.2 Å². The Hall–Kier alpha value is -2.02. The number of esters is 1. The molecule has 0 aliphatic heterocycles. The van der Waals surface area contributed by atoms with Crippen molar-refractivity contribution in [3.8, 4) is 0 Å². The summed E-state index contributed by atoms with van der Waals surface area (Å²) in [6.07, 6.45) is 2.47. The van der Waals surface area contributed by atoms with Gasteiger partial charge in [-0.05, 0) is 24.3 Å². The number of rotatable bonds is 4. The van der Waals surface area contributed by atoms with E-state index in [9.17, 15) is 9.18 Å². The third-order valence-corrected chi connectivity index (χ3v) is 2.76. The van der Waals surface area contributed by atoms with E-state index in [1.54, 1.807) is 19.1 Å². The molecule has 5 nitrogen and oxygen atoms in total.